The highest BCUT2D eigenvalue weighted by Crippen LogP contribution is 2.38. The summed E-state index contributed by atoms with van der Waals surface area (Å²) in [6, 6.07) is 3.70. The van der Waals surface area contributed by atoms with Gasteiger partial charge in [-0.15, -0.1) is 12.4 Å². The van der Waals surface area contributed by atoms with Crippen molar-refractivity contribution < 1.29 is 5.11 Å². The summed E-state index contributed by atoms with van der Waals surface area (Å²) in [5, 5.41) is 9.94. The summed E-state index contributed by atoms with van der Waals surface area (Å²) in [4.78, 5) is 0. The Labute approximate surface area is 111 Å². The van der Waals surface area contributed by atoms with Crippen molar-refractivity contribution in [1.82, 2.24) is 0 Å². The lowest BCUT2D eigenvalue weighted by Crippen LogP contribution is -2.18. The van der Waals surface area contributed by atoms with E-state index in [1.54, 1.807) is 6.07 Å². The second kappa shape index (κ2) is 4.77. The summed E-state index contributed by atoms with van der Waals surface area (Å²) in [5.74, 6) is 0.290. The first-order valence-electron chi connectivity index (χ1n) is 5.67. The van der Waals surface area contributed by atoms with Gasteiger partial charge in [0.15, 0.2) is 0 Å². The smallest absolute Gasteiger partial charge is 0.121 e. The normalized spacial score (nSPS) is 12.1. The number of aromatic hydroxyl groups is 1. The molecule has 0 unspecified atom stereocenters. The molecular weight excluding hydrogens is 234 g/mol. The van der Waals surface area contributed by atoms with Crippen LogP contribution >= 0.6 is 12.4 Å². The van der Waals surface area contributed by atoms with Crippen LogP contribution in [0.1, 0.15) is 52.7 Å². The topological polar surface area (TPSA) is 46.2 Å². The molecule has 0 radical (unpaired) electrons. The highest BCUT2D eigenvalue weighted by Gasteiger charge is 2.24. The highest BCUT2D eigenvalue weighted by atomic mass is 35.5. The monoisotopic (exact) mass is 257 g/mol. The second-order valence-corrected chi connectivity index (χ2v) is 6.46. The van der Waals surface area contributed by atoms with Crippen LogP contribution in [-0.4, -0.2) is 5.11 Å². The van der Waals surface area contributed by atoms with Gasteiger partial charge < -0.3 is 10.8 Å². The molecule has 2 nitrogen and oxygen atoms in total. The second-order valence-electron chi connectivity index (χ2n) is 6.46. The Morgan fingerprint density at radius 2 is 1.29 bits per heavy atom. The number of hydrogen-bond donors (Lipinski definition) is 2. The molecule has 3 heteroatoms. The van der Waals surface area contributed by atoms with E-state index in [4.69, 9.17) is 5.73 Å². The van der Waals surface area contributed by atoms with Crippen molar-refractivity contribution in [1.29, 1.82) is 0 Å². The minimum Gasteiger partial charge on any atom is -0.508 e. The Morgan fingerprint density at radius 1 is 0.882 bits per heavy atom. The van der Waals surface area contributed by atoms with Crippen LogP contribution in [0.4, 0.5) is 5.69 Å². The molecular formula is C14H24ClNO. The molecule has 0 heterocycles. The van der Waals surface area contributed by atoms with Gasteiger partial charge in [0.1, 0.15) is 5.75 Å². The minimum atomic E-state index is -0.0716. The van der Waals surface area contributed by atoms with E-state index >= 15 is 0 Å². The number of hydrogen-bond acceptors (Lipinski definition) is 2. The van der Waals surface area contributed by atoms with Crippen molar-refractivity contribution in [3.05, 3.63) is 23.3 Å². The molecule has 0 aliphatic heterocycles. The molecule has 0 fully saturated rings. The number of halogens is 1. The van der Waals surface area contributed by atoms with Crippen molar-refractivity contribution in [2.75, 3.05) is 5.73 Å². The zero-order valence-corrected chi connectivity index (χ0v) is 12.4. The van der Waals surface area contributed by atoms with Gasteiger partial charge in [-0.3, -0.25) is 0 Å². The molecule has 3 N–H and O–H groups in total. The third kappa shape index (κ3) is 3.53. The lowest BCUT2D eigenvalue weighted by atomic mass is 9.79. The van der Waals surface area contributed by atoms with Crippen LogP contribution in [0.5, 0.6) is 5.75 Å². The predicted octanol–water partition coefficient (Wildman–Crippen LogP) is 3.99. The molecule has 0 aliphatic carbocycles. The third-order valence-electron chi connectivity index (χ3n) is 2.78. The van der Waals surface area contributed by atoms with E-state index in [1.165, 1.54) is 0 Å². The van der Waals surface area contributed by atoms with Crippen LogP contribution in [-0.2, 0) is 10.8 Å². The van der Waals surface area contributed by atoms with Crippen LogP contribution in [0.15, 0.2) is 12.1 Å². The lowest BCUT2D eigenvalue weighted by Gasteiger charge is -2.27. The fraction of sp³-hybridized carbons (Fsp3) is 0.571. The summed E-state index contributed by atoms with van der Waals surface area (Å²) in [6.45, 7) is 12.6. The third-order valence-corrected chi connectivity index (χ3v) is 2.78. The summed E-state index contributed by atoms with van der Waals surface area (Å²) < 4.78 is 0. The van der Waals surface area contributed by atoms with Crippen LogP contribution in [0.2, 0.25) is 0 Å². The first-order valence-corrected chi connectivity index (χ1v) is 5.67. The van der Waals surface area contributed by atoms with E-state index in [0.29, 0.717) is 5.69 Å². The molecule has 0 bridgehead atoms. The summed E-state index contributed by atoms with van der Waals surface area (Å²) in [6.07, 6.45) is 0. The molecule has 0 aromatic heterocycles. The van der Waals surface area contributed by atoms with Crippen LogP contribution in [0, 0.1) is 0 Å². The zero-order valence-electron chi connectivity index (χ0n) is 11.6. The van der Waals surface area contributed by atoms with Gasteiger partial charge in [-0.05, 0) is 28.0 Å². The van der Waals surface area contributed by atoms with Crippen molar-refractivity contribution in [3.8, 4) is 5.75 Å². The molecule has 0 saturated heterocycles. The average molecular weight is 258 g/mol. The number of phenolic OH excluding ortho intramolecular Hbond substituents is 1. The first kappa shape index (κ1) is 16.1. The summed E-state index contributed by atoms with van der Waals surface area (Å²) >= 11 is 0. The van der Waals surface area contributed by atoms with Gasteiger partial charge in [0.2, 0.25) is 0 Å². The maximum absolute atomic E-state index is 9.94. The van der Waals surface area contributed by atoms with E-state index in [-0.39, 0.29) is 29.0 Å². The maximum atomic E-state index is 9.94. The largest absolute Gasteiger partial charge is 0.508 e. The van der Waals surface area contributed by atoms with Gasteiger partial charge in [-0.1, -0.05) is 41.5 Å². The predicted molar refractivity (Wildman–Crippen MR) is 77.2 cm³/mol. The highest BCUT2D eigenvalue weighted by molar-refractivity contribution is 5.85. The fourth-order valence-corrected chi connectivity index (χ4v) is 1.85. The molecule has 17 heavy (non-hydrogen) atoms. The molecule has 0 spiro atoms. The Balaban J connectivity index is 0.00000256. The number of benzene rings is 1. The van der Waals surface area contributed by atoms with Crippen molar-refractivity contribution in [3.63, 3.8) is 0 Å². The Morgan fingerprint density at radius 3 is 1.65 bits per heavy atom. The van der Waals surface area contributed by atoms with Crippen molar-refractivity contribution >= 4 is 18.1 Å². The molecule has 1 rings (SSSR count). The zero-order chi connectivity index (χ0) is 12.7. The van der Waals surface area contributed by atoms with Gasteiger partial charge >= 0.3 is 0 Å². The van der Waals surface area contributed by atoms with E-state index in [1.807, 2.05) is 6.07 Å². The van der Waals surface area contributed by atoms with E-state index in [2.05, 4.69) is 41.5 Å². The number of anilines is 1. The molecule has 1 aromatic carbocycles. The van der Waals surface area contributed by atoms with Gasteiger partial charge in [0.25, 0.3) is 0 Å². The van der Waals surface area contributed by atoms with Crippen molar-refractivity contribution in [2.45, 2.75) is 52.4 Å². The molecule has 98 valence electrons. The van der Waals surface area contributed by atoms with E-state index in [9.17, 15) is 5.11 Å². The molecule has 0 aliphatic rings. The molecule has 1 aromatic rings. The number of rotatable bonds is 0. The average Bonchev–Trinajstić information content (AvgIpc) is 1.97. The van der Waals surface area contributed by atoms with E-state index < -0.39 is 0 Å². The SMILES string of the molecule is CC(C)(C)c1cc(C(C)(C)C)c(O)cc1N.Cl. The standard InChI is InChI=1S/C14H23NO.ClH/c1-13(2,3)9-7-10(14(4,5)6)12(16)8-11(9)15;/h7-8,16H,15H2,1-6H3;1H. The summed E-state index contributed by atoms with van der Waals surface area (Å²) in [5.41, 5.74) is 8.59. The van der Waals surface area contributed by atoms with Crippen LogP contribution in [0.25, 0.3) is 0 Å². The molecule has 0 amide bonds. The first-order chi connectivity index (χ1) is 7.03. The van der Waals surface area contributed by atoms with Crippen LogP contribution in [0.3, 0.4) is 0 Å². The Kier molecular flexibility index (Phi) is 4.52. The quantitative estimate of drug-likeness (QED) is 0.691. The fourth-order valence-electron chi connectivity index (χ4n) is 1.85. The number of phenols is 1. The van der Waals surface area contributed by atoms with Crippen LogP contribution < -0.4 is 5.73 Å². The molecule has 0 atom stereocenters. The van der Waals surface area contributed by atoms with Crippen molar-refractivity contribution in [2.24, 2.45) is 0 Å². The maximum Gasteiger partial charge on any atom is 0.121 e. The number of nitrogens with two attached hydrogens (primary N) is 1. The van der Waals surface area contributed by atoms with E-state index in [0.717, 1.165) is 11.1 Å². The lowest BCUT2D eigenvalue weighted by molar-refractivity contribution is 0.445. The molecule has 0 saturated carbocycles. The van der Waals surface area contributed by atoms with Gasteiger partial charge in [0, 0.05) is 11.8 Å². The van der Waals surface area contributed by atoms with Gasteiger partial charge in [0.05, 0.1) is 0 Å². The summed E-state index contributed by atoms with van der Waals surface area (Å²) in [7, 11) is 0. The number of nitrogen functional groups attached to an aromatic ring is 1. The van der Waals surface area contributed by atoms with Gasteiger partial charge in [-0.25, -0.2) is 0 Å². The Hall–Kier alpha value is -0.890. The minimum absolute atomic E-state index is 0. The Bertz CT molecular complexity index is 365. The van der Waals surface area contributed by atoms with Gasteiger partial charge in [-0.2, -0.15) is 0 Å².